The van der Waals surface area contributed by atoms with Crippen LogP contribution in [-0.4, -0.2) is 42.1 Å². The zero-order chi connectivity index (χ0) is 18.1. The summed E-state index contributed by atoms with van der Waals surface area (Å²) in [6.07, 6.45) is 1.74. The third-order valence-electron chi connectivity index (χ3n) is 5.27. The zero-order valence-electron chi connectivity index (χ0n) is 15.7. The number of aryl methyl sites for hydroxylation is 3. The number of aromatic nitrogens is 2. The molecule has 1 aromatic carbocycles. The van der Waals surface area contributed by atoms with Crippen LogP contribution in [0.4, 0.5) is 17.5 Å². The van der Waals surface area contributed by atoms with E-state index in [1.807, 2.05) is 13.0 Å². The summed E-state index contributed by atoms with van der Waals surface area (Å²) in [6, 6.07) is 8.34. The second kappa shape index (κ2) is 6.85. The molecule has 138 valence electrons. The van der Waals surface area contributed by atoms with Crippen LogP contribution in [0.3, 0.4) is 0 Å². The predicted molar refractivity (Wildman–Crippen MR) is 102 cm³/mol. The van der Waals surface area contributed by atoms with Gasteiger partial charge in [0, 0.05) is 43.4 Å². The smallest absolute Gasteiger partial charge is 0.229 e. The third-order valence-corrected chi connectivity index (χ3v) is 5.27. The van der Waals surface area contributed by atoms with Crippen LogP contribution in [0.2, 0.25) is 0 Å². The Balaban J connectivity index is 1.50. The molecule has 26 heavy (non-hydrogen) atoms. The molecule has 1 aromatic heterocycles. The SMILES string of the molecule is Cc1cc(N2CCC3(CC2)OCCO3)nc(Nc2ccc(C)c(C)c2)n1. The molecule has 2 aliphatic rings. The van der Waals surface area contributed by atoms with Crippen LogP contribution in [0.15, 0.2) is 24.3 Å². The number of nitrogens with zero attached hydrogens (tertiary/aromatic N) is 3. The molecule has 0 amide bonds. The van der Waals surface area contributed by atoms with Crippen LogP contribution < -0.4 is 10.2 Å². The average molecular weight is 354 g/mol. The van der Waals surface area contributed by atoms with Crippen molar-refractivity contribution in [3.8, 4) is 0 Å². The second-order valence-corrected chi connectivity index (χ2v) is 7.21. The normalized spacial score (nSPS) is 19.1. The molecule has 2 fully saturated rings. The highest BCUT2D eigenvalue weighted by molar-refractivity contribution is 5.57. The standard InChI is InChI=1S/C20H26N4O2/c1-14-4-5-17(12-15(14)2)22-19-21-16(3)13-18(23-19)24-8-6-20(7-9-24)25-10-11-26-20/h4-5,12-13H,6-11H2,1-3H3,(H,21,22,23). The van der Waals surface area contributed by atoms with Crippen molar-refractivity contribution in [2.45, 2.75) is 39.4 Å². The number of anilines is 3. The monoisotopic (exact) mass is 354 g/mol. The Bertz CT molecular complexity index is 792. The van der Waals surface area contributed by atoms with E-state index < -0.39 is 0 Å². The first-order chi connectivity index (χ1) is 12.5. The highest BCUT2D eigenvalue weighted by Gasteiger charge is 2.40. The second-order valence-electron chi connectivity index (χ2n) is 7.21. The predicted octanol–water partition coefficient (Wildman–Crippen LogP) is 3.49. The van der Waals surface area contributed by atoms with E-state index in [9.17, 15) is 0 Å². The van der Waals surface area contributed by atoms with Gasteiger partial charge in [-0.3, -0.25) is 0 Å². The number of hydrogen-bond acceptors (Lipinski definition) is 6. The van der Waals surface area contributed by atoms with E-state index in [1.54, 1.807) is 0 Å². The Labute approximate surface area is 154 Å². The van der Waals surface area contributed by atoms with E-state index in [0.29, 0.717) is 19.2 Å². The van der Waals surface area contributed by atoms with Crippen LogP contribution in [-0.2, 0) is 9.47 Å². The number of piperidine rings is 1. The van der Waals surface area contributed by atoms with Crippen molar-refractivity contribution < 1.29 is 9.47 Å². The fourth-order valence-corrected chi connectivity index (χ4v) is 3.58. The molecule has 2 saturated heterocycles. The molecule has 0 radical (unpaired) electrons. The molecule has 0 unspecified atom stereocenters. The lowest BCUT2D eigenvalue weighted by Crippen LogP contribution is -2.45. The maximum atomic E-state index is 5.82. The number of rotatable bonds is 3. The maximum absolute atomic E-state index is 5.82. The lowest BCUT2D eigenvalue weighted by atomic mass is 10.0. The van der Waals surface area contributed by atoms with Gasteiger partial charge >= 0.3 is 0 Å². The van der Waals surface area contributed by atoms with Crippen LogP contribution >= 0.6 is 0 Å². The van der Waals surface area contributed by atoms with Gasteiger partial charge in [-0.2, -0.15) is 4.98 Å². The Kier molecular flexibility index (Phi) is 4.54. The van der Waals surface area contributed by atoms with Crippen LogP contribution in [0, 0.1) is 20.8 Å². The van der Waals surface area contributed by atoms with Gasteiger partial charge in [-0.1, -0.05) is 6.07 Å². The van der Waals surface area contributed by atoms with Crippen LogP contribution in [0.5, 0.6) is 0 Å². The molecule has 4 rings (SSSR count). The zero-order valence-corrected chi connectivity index (χ0v) is 15.7. The van der Waals surface area contributed by atoms with Gasteiger partial charge in [0.15, 0.2) is 5.79 Å². The van der Waals surface area contributed by atoms with Crippen molar-refractivity contribution in [3.63, 3.8) is 0 Å². The Hall–Kier alpha value is -2.18. The molecule has 1 N–H and O–H groups in total. The van der Waals surface area contributed by atoms with E-state index in [0.717, 1.165) is 43.1 Å². The molecule has 0 aliphatic carbocycles. The highest BCUT2D eigenvalue weighted by atomic mass is 16.7. The molecular weight excluding hydrogens is 328 g/mol. The number of ether oxygens (including phenoxy) is 2. The van der Waals surface area contributed by atoms with Crippen LogP contribution in [0.25, 0.3) is 0 Å². The largest absolute Gasteiger partial charge is 0.356 e. The van der Waals surface area contributed by atoms with Crippen molar-refractivity contribution in [1.82, 2.24) is 9.97 Å². The number of hydrogen-bond donors (Lipinski definition) is 1. The summed E-state index contributed by atoms with van der Waals surface area (Å²) < 4.78 is 11.6. The van der Waals surface area contributed by atoms with Crippen molar-refractivity contribution >= 4 is 17.5 Å². The maximum Gasteiger partial charge on any atom is 0.229 e. The summed E-state index contributed by atoms with van der Waals surface area (Å²) in [5, 5.41) is 3.34. The summed E-state index contributed by atoms with van der Waals surface area (Å²) in [7, 11) is 0. The molecule has 6 heteroatoms. The Morgan fingerprint density at radius 2 is 1.69 bits per heavy atom. The molecule has 2 aromatic rings. The average Bonchev–Trinajstić information content (AvgIpc) is 3.06. The van der Waals surface area contributed by atoms with Gasteiger partial charge in [-0.15, -0.1) is 0 Å². The van der Waals surface area contributed by atoms with Gasteiger partial charge in [0.25, 0.3) is 0 Å². The lowest BCUT2D eigenvalue weighted by molar-refractivity contribution is -0.169. The molecule has 1 spiro atoms. The minimum Gasteiger partial charge on any atom is -0.356 e. The van der Waals surface area contributed by atoms with Crippen LogP contribution in [0.1, 0.15) is 29.7 Å². The van der Waals surface area contributed by atoms with Gasteiger partial charge in [0.2, 0.25) is 5.95 Å². The van der Waals surface area contributed by atoms with E-state index in [2.05, 4.69) is 47.2 Å². The molecular formula is C20H26N4O2. The molecule has 3 heterocycles. The van der Waals surface area contributed by atoms with Gasteiger partial charge in [0.1, 0.15) is 5.82 Å². The van der Waals surface area contributed by atoms with Crippen molar-refractivity contribution in [3.05, 3.63) is 41.1 Å². The topological polar surface area (TPSA) is 59.5 Å². The molecule has 6 nitrogen and oxygen atoms in total. The summed E-state index contributed by atoms with van der Waals surface area (Å²) in [5.41, 5.74) is 4.49. The molecule has 0 saturated carbocycles. The fraction of sp³-hybridized carbons (Fsp3) is 0.500. The first kappa shape index (κ1) is 17.2. The van der Waals surface area contributed by atoms with Gasteiger partial charge in [-0.05, 0) is 44.0 Å². The summed E-state index contributed by atoms with van der Waals surface area (Å²) in [5.74, 6) is 1.23. The summed E-state index contributed by atoms with van der Waals surface area (Å²) in [6.45, 7) is 9.39. The van der Waals surface area contributed by atoms with Gasteiger partial charge < -0.3 is 19.7 Å². The first-order valence-corrected chi connectivity index (χ1v) is 9.26. The van der Waals surface area contributed by atoms with Crippen molar-refractivity contribution in [1.29, 1.82) is 0 Å². The molecule has 0 atom stereocenters. The number of nitrogens with one attached hydrogen (secondary N) is 1. The third kappa shape index (κ3) is 3.52. The molecule has 2 aliphatic heterocycles. The quantitative estimate of drug-likeness (QED) is 0.910. The van der Waals surface area contributed by atoms with Gasteiger partial charge in [0.05, 0.1) is 13.2 Å². The Morgan fingerprint density at radius 1 is 0.962 bits per heavy atom. The van der Waals surface area contributed by atoms with E-state index >= 15 is 0 Å². The van der Waals surface area contributed by atoms with E-state index in [4.69, 9.17) is 14.5 Å². The number of benzene rings is 1. The van der Waals surface area contributed by atoms with E-state index in [-0.39, 0.29) is 5.79 Å². The fourth-order valence-electron chi connectivity index (χ4n) is 3.58. The molecule has 0 bridgehead atoms. The first-order valence-electron chi connectivity index (χ1n) is 9.26. The van der Waals surface area contributed by atoms with Crippen molar-refractivity contribution in [2.24, 2.45) is 0 Å². The summed E-state index contributed by atoms with van der Waals surface area (Å²) >= 11 is 0. The van der Waals surface area contributed by atoms with E-state index in [1.165, 1.54) is 11.1 Å². The lowest BCUT2D eigenvalue weighted by Gasteiger charge is -2.38. The summed E-state index contributed by atoms with van der Waals surface area (Å²) in [4.78, 5) is 11.6. The minimum absolute atomic E-state index is 0.362. The highest BCUT2D eigenvalue weighted by Crippen LogP contribution is 2.33. The van der Waals surface area contributed by atoms with Crippen molar-refractivity contribution in [2.75, 3.05) is 36.5 Å². The minimum atomic E-state index is -0.362. The van der Waals surface area contributed by atoms with Gasteiger partial charge in [-0.25, -0.2) is 4.98 Å². The Morgan fingerprint density at radius 3 is 2.38 bits per heavy atom.